The normalized spacial score (nSPS) is 34.8. The quantitative estimate of drug-likeness (QED) is 0.181. The van der Waals surface area contributed by atoms with Gasteiger partial charge in [0.25, 0.3) is 0 Å². The van der Waals surface area contributed by atoms with Crippen LogP contribution in [0.1, 0.15) is 68.2 Å². The Balaban J connectivity index is 1.59. The third-order valence-electron chi connectivity index (χ3n) is 8.31. The molecule has 0 unspecified atom stereocenters. The number of epoxide rings is 1. The molecule has 7 nitrogen and oxygen atoms in total. The van der Waals surface area contributed by atoms with Gasteiger partial charge in [-0.05, 0) is 58.7 Å². The van der Waals surface area contributed by atoms with E-state index in [-0.39, 0.29) is 53.5 Å². The highest BCUT2D eigenvalue weighted by Gasteiger charge is 2.55. The van der Waals surface area contributed by atoms with Crippen LogP contribution in [0.15, 0.2) is 11.6 Å². The van der Waals surface area contributed by atoms with E-state index in [1.54, 1.807) is 0 Å². The Morgan fingerprint density at radius 2 is 1.77 bits per heavy atom. The van der Waals surface area contributed by atoms with Crippen LogP contribution in [-0.4, -0.2) is 70.4 Å². The van der Waals surface area contributed by atoms with Crippen LogP contribution < -0.4 is 0 Å². The molecule has 3 aliphatic heterocycles. The number of esters is 1. The third-order valence-corrected chi connectivity index (χ3v) is 12.9. The van der Waals surface area contributed by atoms with Crippen LogP contribution in [0.25, 0.3) is 0 Å². The monoisotopic (exact) mass is 512 g/mol. The molecule has 0 aromatic heterocycles. The van der Waals surface area contributed by atoms with Crippen LogP contribution in [-0.2, 0) is 32.9 Å². The Hall–Kier alpha value is -0.773. The van der Waals surface area contributed by atoms with Crippen molar-refractivity contribution in [3.63, 3.8) is 0 Å². The predicted molar refractivity (Wildman–Crippen MR) is 138 cm³/mol. The van der Waals surface area contributed by atoms with Crippen molar-refractivity contribution in [3.8, 4) is 0 Å². The van der Waals surface area contributed by atoms with E-state index in [2.05, 4.69) is 47.7 Å². The van der Waals surface area contributed by atoms with E-state index < -0.39 is 14.1 Å². The summed E-state index contributed by atoms with van der Waals surface area (Å²) in [7, 11) is -0.443. The largest absolute Gasteiger partial charge is 0.466 e. The number of methoxy groups -OCH3 is 1. The smallest absolute Gasteiger partial charge is 0.330 e. The lowest BCUT2D eigenvalue weighted by molar-refractivity contribution is -0.153. The minimum absolute atomic E-state index is 0.0595. The highest BCUT2D eigenvalue weighted by molar-refractivity contribution is 6.74. The summed E-state index contributed by atoms with van der Waals surface area (Å²) < 4.78 is 36.5. The summed E-state index contributed by atoms with van der Waals surface area (Å²) in [6, 6.07) is 0. The van der Waals surface area contributed by atoms with Gasteiger partial charge in [0.15, 0.2) is 14.1 Å². The Morgan fingerprint density at radius 3 is 2.37 bits per heavy atom. The number of ether oxygens (including phenoxy) is 5. The van der Waals surface area contributed by atoms with E-state index in [0.717, 1.165) is 12.0 Å². The second-order valence-corrected chi connectivity index (χ2v) is 17.5. The molecule has 0 N–H and O–H groups in total. The summed E-state index contributed by atoms with van der Waals surface area (Å²) in [6.45, 7) is 22.3. The Kier molecular flexibility index (Phi) is 8.67. The SMILES string of the molecule is COC(=O)/C=C(\C)C[C@@H]1OC[C@H](C[C@@H]2O[C@H]2[C@@H](C)[C@H](C)O[Si](C)(C)C(C)(C)C)[C@H]2OC(C)(C)O[C@H]21. The van der Waals surface area contributed by atoms with Gasteiger partial charge in [0, 0.05) is 24.0 Å². The van der Waals surface area contributed by atoms with Gasteiger partial charge in [0.2, 0.25) is 0 Å². The van der Waals surface area contributed by atoms with Gasteiger partial charge < -0.3 is 28.1 Å². The van der Waals surface area contributed by atoms with Crippen LogP contribution in [0.5, 0.6) is 0 Å². The van der Waals surface area contributed by atoms with Crippen molar-refractivity contribution >= 4 is 14.3 Å². The molecule has 0 aromatic carbocycles. The van der Waals surface area contributed by atoms with Gasteiger partial charge in [-0.3, -0.25) is 0 Å². The molecule has 0 amide bonds. The molecule has 3 heterocycles. The second-order valence-electron chi connectivity index (χ2n) is 12.7. The highest BCUT2D eigenvalue weighted by Crippen LogP contribution is 2.45. The van der Waals surface area contributed by atoms with Gasteiger partial charge >= 0.3 is 5.97 Å². The summed E-state index contributed by atoms with van der Waals surface area (Å²) in [5.41, 5.74) is 0.905. The lowest BCUT2D eigenvalue weighted by Crippen LogP contribution is -2.49. The van der Waals surface area contributed by atoms with Crippen LogP contribution in [0.2, 0.25) is 18.1 Å². The summed E-state index contributed by atoms with van der Waals surface area (Å²) in [6.07, 6.45) is 3.14. The Bertz CT molecular complexity index is 787. The summed E-state index contributed by atoms with van der Waals surface area (Å²) in [5, 5.41) is 0.187. The Labute approximate surface area is 213 Å². The summed E-state index contributed by atoms with van der Waals surface area (Å²) in [4.78, 5) is 11.6. The number of fused-ring (bicyclic) bond motifs is 1. The van der Waals surface area contributed by atoms with Crippen LogP contribution >= 0.6 is 0 Å². The van der Waals surface area contributed by atoms with E-state index in [0.29, 0.717) is 18.9 Å². The average molecular weight is 513 g/mol. The molecule has 0 bridgehead atoms. The number of hydrogen-bond donors (Lipinski definition) is 0. The lowest BCUT2D eigenvalue weighted by atomic mass is 9.85. The first-order valence-corrected chi connectivity index (χ1v) is 16.0. The third kappa shape index (κ3) is 6.96. The molecular weight excluding hydrogens is 464 g/mol. The zero-order chi connectivity index (χ0) is 26.3. The molecule has 35 heavy (non-hydrogen) atoms. The number of carbonyl (C=O) groups excluding carboxylic acids is 1. The average Bonchev–Trinajstić information content (AvgIpc) is 3.40. The standard InChI is InChI=1S/C27H48O7Si/c1-16(13-22(28)29-9)12-20-25-24(32-27(7,8)33-25)19(15-30-20)14-21-23(31-21)17(2)18(3)34-35(10,11)26(4,5)6/h13,17-21,23-25H,12,14-15H2,1-11H3/b16-13+/t17-,18-,19-,20-,21-,23-,24+,25-/m0/s1. The summed E-state index contributed by atoms with van der Waals surface area (Å²) in [5.74, 6) is -0.496. The van der Waals surface area contributed by atoms with Crippen molar-refractivity contribution in [1.29, 1.82) is 0 Å². The van der Waals surface area contributed by atoms with Gasteiger partial charge in [0.1, 0.15) is 6.10 Å². The van der Waals surface area contributed by atoms with Crippen molar-refractivity contribution in [1.82, 2.24) is 0 Å². The molecule has 0 aromatic rings. The number of hydrogen-bond acceptors (Lipinski definition) is 7. The molecule has 8 heteroatoms. The van der Waals surface area contributed by atoms with Gasteiger partial charge in [0.05, 0.1) is 38.1 Å². The highest BCUT2D eigenvalue weighted by atomic mass is 28.4. The van der Waals surface area contributed by atoms with E-state index in [1.807, 2.05) is 20.8 Å². The van der Waals surface area contributed by atoms with Crippen molar-refractivity contribution in [2.24, 2.45) is 11.8 Å². The first-order valence-electron chi connectivity index (χ1n) is 13.1. The minimum Gasteiger partial charge on any atom is -0.466 e. The first-order chi connectivity index (χ1) is 16.0. The molecule has 0 spiro atoms. The maximum atomic E-state index is 11.6. The molecule has 3 rings (SSSR count). The van der Waals surface area contributed by atoms with E-state index in [1.165, 1.54) is 13.2 Å². The fourth-order valence-corrected chi connectivity index (χ4v) is 6.54. The molecular formula is C27H48O7Si. The van der Waals surface area contributed by atoms with Crippen molar-refractivity contribution in [2.75, 3.05) is 13.7 Å². The fraction of sp³-hybridized carbons (Fsp3) is 0.889. The van der Waals surface area contributed by atoms with E-state index >= 15 is 0 Å². The molecule has 0 aliphatic carbocycles. The van der Waals surface area contributed by atoms with Gasteiger partial charge in [-0.1, -0.05) is 33.3 Å². The maximum absolute atomic E-state index is 11.6. The zero-order valence-electron chi connectivity index (χ0n) is 23.7. The van der Waals surface area contributed by atoms with Crippen molar-refractivity contribution < 1.29 is 32.9 Å². The molecule has 202 valence electrons. The molecule has 0 radical (unpaired) electrons. The van der Waals surface area contributed by atoms with Crippen molar-refractivity contribution in [2.45, 2.75) is 129 Å². The minimum atomic E-state index is -1.83. The van der Waals surface area contributed by atoms with E-state index in [4.69, 9.17) is 28.1 Å². The van der Waals surface area contributed by atoms with Gasteiger partial charge in [-0.2, -0.15) is 0 Å². The maximum Gasteiger partial charge on any atom is 0.330 e. The topological polar surface area (TPSA) is 75.8 Å². The summed E-state index contributed by atoms with van der Waals surface area (Å²) >= 11 is 0. The molecule has 3 saturated heterocycles. The van der Waals surface area contributed by atoms with Crippen LogP contribution in [0, 0.1) is 11.8 Å². The predicted octanol–water partition coefficient (Wildman–Crippen LogP) is 5.23. The molecule has 8 atom stereocenters. The zero-order valence-corrected chi connectivity index (χ0v) is 24.7. The molecule has 3 aliphatic rings. The second kappa shape index (κ2) is 10.5. The molecule has 3 fully saturated rings. The van der Waals surface area contributed by atoms with Crippen LogP contribution in [0.4, 0.5) is 0 Å². The number of carbonyl (C=O) groups is 1. The first kappa shape index (κ1) is 28.8. The Morgan fingerprint density at radius 1 is 1.14 bits per heavy atom. The van der Waals surface area contributed by atoms with E-state index in [9.17, 15) is 4.79 Å². The van der Waals surface area contributed by atoms with Crippen LogP contribution in [0.3, 0.4) is 0 Å². The van der Waals surface area contributed by atoms with Crippen molar-refractivity contribution in [3.05, 3.63) is 11.6 Å². The van der Waals surface area contributed by atoms with Gasteiger partial charge in [-0.25, -0.2) is 4.79 Å². The fourth-order valence-electron chi connectivity index (χ4n) is 5.04. The lowest BCUT2D eigenvalue weighted by Gasteiger charge is -2.39. The number of rotatable bonds is 9. The molecule has 0 saturated carbocycles. The van der Waals surface area contributed by atoms with Gasteiger partial charge in [-0.15, -0.1) is 0 Å².